The monoisotopic (exact) mass is 437 g/mol. The molecule has 0 spiro atoms. The van der Waals surface area contributed by atoms with Crippen molar-refractivity contribution in [3.63, 3.8) is 0 Å². The molecule has 0 aliphatic rings. The second kappa shape index (κ2) is 9.78. The van der Waals surface area contributed by atoms with Gasteiger partial charge in [0, 0.05) is 31.4 Å². The Hall–Kier alpha value is -3.13. The Morgan fingerprint density at radius 1 is 1.03 bits per heavy atom. The standard InChI is InChI=1S/C23H27N5O2S/c1-6-28(7-2)23(30)19-13-24-15(4)27-20(19)18-10-8-17(9-11-18)12-25-22(29)21-14(3)26-16(5)31-21/h8-11,13H,6-7,12H2,1-5H3,(H,25,29). The van der Waals surface area contributed by atoms with Gasteiger partial charge in [-0.2, -0.15) is 0 Å². The molecule has 0 unspecified atom stereocenters. The minimum absolute atomic E-state index is 0.0773. The van der Waals surface area contributed by atoms with Gasteiger partial charge in [-0.15, -0.1) is 11.3 Å². The summed E-state index contributed by atoms with van der Waals surface area (Å²) >= 11 is 1.40. The zero-order chi connectivity index (χ0) is 22.5. The van der Waals surface area contributed by atoms with Crippen molar-refractivity contribution in [2.75, 3.05) is 13.1 Å². The summed E-state index contributed by atoms with van der Waals surface area (Å²) in [6.07, 6.45) is 1.60. The van der Waals surface area contributed by atoms with E-state index in [2.05, 4.69) is 20.3 Å². The van der Waals surface area contributed by atoms with Gasteiger partial charge >= 0.3 is 0 Å². The molecule has 0 radical (unpaired) electrons. The molecule has 0 saturated heterocycles. The van der Waals surface area contributed by atoms with Crippen molar-refractivity contribution in [2.45, 2.75) is 41.2 Å². The minimum atomic E-state index is -0.120. The fourth-order valence-electron chi connectivity index (χ4n) is 3.31. The van der Waals surface area contributed by atoms with Crippen LogP contribution in [-0.4, -0.2) is 44.8 Å². The average Bonchev–Trinajstić information content (AvgIpc) is 3.11. The van der Waals surface area contributed by atoms with E-state index >= 15 is 0 Å². The topological polar surface area (TPSA) is 88.1 Å². The predicted molar refractivity (Wildman–Crippen MR) is 122 cm³/mol. The van der Waals surface area contributed by atoms with E-state index in [1.807, 2.05) is 58.9 Å². The highest BCUT2D eigenvalue weighted by Crippen LogP contribution is 2.23. The van der Waals surface area contributed by atoms with Crippen LogP contribution in [0.15, 0.2) is 30.5 Å². The van der Waals surface area contributed by atoms with Crippen molar-refractivity contribution < 1.29 is 9.59 Å². The van der Waals surface area contributed by atoms with Gasteiger partial charge in [0.25, 0.3) is 11.8 Å². The van der Waals surface area contributed by atoms with Crippen LogP contribution >= 0.6 is 11.3 Å². The Morgan fingerprint density at radius 3 is 2.29 bits per heavy atom. The maximum Gasteiger partial charge on any atom is 0.263 e. The number of carbonyl (C=O) groups is 2. The third-order valence-electron chi connectivity index (χ3n) is 4.98. The Kier molecular flexibility index (Phi) is 7.12. The fraction of sp³-hybridized carbons (Fsp3) is 0.348. The lowest BCUT2D eigenvalue weighted by Gasteiger charge is -2.20. The molecule has 162 valence electrons. The molecule has 2 aromatic heterocycles. The van der Waals surface area contributed by atoms with Gasteiger partial charge in [-0.1, -0.05) is 24.3 Å². The summed E-state index contributed by atoms with van der Waals surface area (Å²) in [4.78, 5) is 40.8. The zero-order valence-corrected chi connectivity index (χ0v) is 19.3. The molecule has 2 heterocycles. The molecular weight excluding hydrogens is 410 g/mol. The third kappa shape index (κ3) is 5.14. The molecule has 2 amide bonds. The van der Waals surface area contributed by atoms with Crippen molar-refractivity contribution in [2.24, 2.45) is 0 Å². The normalized spacial score (nSPS) is 10.7. The third-order valence-corrected chi connectivity index (χ3v) is 6.05. The second-order valence-corrected chi connectivity index (χ2v) is 8.39. The predicted octanol–water partition coefficient (Wildman–Crippen LogP) is 3.94. The lowest BCUT2D eigenvalue weighted by Crippen LogP contribution is -2.31. The van der Waals surface area contributed by atoms with Crippen molar-refractivity contribution in [1.29, 1.82) is 0 Å². The largest absolute Gasteiger partial charge is 0.347 e. The number of rotatable bonds is 7. The highest BCUT2D eigenvalue weighted by atomic mass is 32.1. The summed E-state index contributed by atoms with van der Waals surface area (Å²) < 4.78 is 0. The Morgan fingerprint density at radius 2 is 1.71 bits per heavy atom. The van der Waals surface area contributed by atoms with Crippen LogP contribution in [0.3, 0.4) is 0 Å². The van der Waals surface area contributed by atoms with Crippen molar-refractivity contribution >= 4 is 23.2 Å². The first-order valence-corrected chi connectivity index (χ1v) is 11.1. The lowest BCUT2D eigenvalue weighted by atomic mass is 10.0. The van der Waals surface area contributed by atoms with Crippen molar-refractivity contribution in [3.8, 4) is 11.3 Å². The molecule has 31 heavy (non-hydrogen) atoms. The van der Waals surface area contributed by atoms with Crippen LogP contribution in [0.4, 0.5) is 0 Å². The number of benzene rings is 1. The van der Waals surface area contributed by atoms with Crippen LogP contribution < -0.4 is 5.32 Å². The molecule has 0 fully saturated rings. The molecule has 0 bridgehead atoms. The van der Waals surface area contributed by atoms with Gasteiger partial charge in [-0.25, -0.2) is 15.0 Å². The first-order chi connectivity index (χ1) is 14.8. The molecule has 7 nitrogen and oxygen atoms in total. The summed E-state index contributed by atoms with van der Waals surface area (Å²) in [5.41, 5.74) is 3.66. The molecule has 3 rings (SSSR count). The lowest BCUT2D eigenvalue weighted by molar-refractivity contribution is 0.0772. The molecule has 0 saturated carbocycles. The van der Waals surface area contributed by atoms with E-state index in [4.69, 9.17) is 0 Å². The number of aromatic nitrogens is 3. The van der Waals surface area contributed by atoms with Gasteiger partial charge in [-0.3, -0.25) is 9.59 Å². The van der Waals surface area contributed by atoms with Gasteiger partial charge in [0.05, 0.1) is 22.0 Å². The number of thiazole rings is 1. The zero-order valence-electron chi connectivity index (χ0n) is 18.5. The summed E-state index contributed by atoms with van der Waals surface area (Å²) in [6.45, 7) is 11.1. The summed E-state index contributed by atoms with van der Waals surface area (Å²) in [5, 5.41) is 3.82. The average molecular weight is 438 g/mol. The second-order valence-electron chi connectivity index (χ2n) is 7.18. The SMILES string of the molecule is CCN(CC)C(=O)c1cnc(C)nc1-c1ccc(CNC(=O)c2sc(C)nc2C)cc1. The number of aryl methyl sites for hydroxylation is 3. The van der Waals surface area contributed by atoms with E-state index in [1.54, 1.807) is 11.1 Å². The molecule has 1 N–H and O–H groups in total. The molecule has 0 atom stereocenters. The number of amides is 2. The number of hydrogen-bond donors (Lipinski definition) is 1. The van der Waals surface area contributed by atoms with Gasteiger partial charge in [-0.05, 0) is 40.2 Å². The van der Waals surface area contributed by atoms with Gasteiger partial charge < -0.3 is 10.2 Å². The van der Waals surface area contributed by atoms with E-state index in [9.17, 15) is 9.59 Å². The molecule has 0 aliphatic heterocycles. The van der Waals surface area contributed by atoms with Gasteiger partial charge in [0.2, 0.25) is 0 Å². The Bertz CT molecular complexity index is 1090. The first-order valence-electron chi connectivity index (χ1n) is 10.3. The van der Waals surface area contributed by atoms with E-state index in [1.165, 1.54) is 11.3 Å². The van der Waals surface area contributed by atoms with Gasteiger partial charge in [0.1, 0.15) is 10.7 Å². The molecule has 3 aromatic rings. The minimum Gasteiger partial charge on any atom is -0.347 e. The molecule has 1 aromatic carbocycles. The smallest absolute Gasteiger partial charge is 0.263 e. The highest BCUT2D eigenvalue weighted by Gasteiger charge is 2.20. The van der Waals surface area contributed by atoms with Crippen molar-refractivity contribution in [3.05, 3.63) is 63.0 Å². The van der Waals surface area contributed by atoms with E-state index < -0.39 is 0 Å². The molecule has 0 aliphatic carbocycles. The Balaban J connectivity index is 1.78. The first kappa shape index (κ1) is 22.6. The van der Waals surface area contributed by atoms with E-state index in [0.717, 1.165) is 21.8 Å². The van der Waals surface area contributed by atoms with E-state index in [0.29, 0.717) is 41.6 Å². The fourth-order valence-corrected chi connectivity index (χ4v) is 4.15. The summed E-state index contributed by atoms with van der Waals surface area (Å²) in [7, 11) is 0. The molecular formula is C23H27N5O2S. The van der Waals surface area contributed by atoms with Crippen LogP contribution in [0.1, 0.15) is 56.0 Å². The summed E-state index contributed by atoms with van der Waals surface area (Å²) in [5.74, 6) is 0.412. The van der Waals surface area contributed by atoms with E-state index in [-0.39, 0.29) is 11.8 Å². The quantitative estimate of drug-likeness (QED) is 0.605. The van der Waals surface area contributed by atoms with Gasteiger partial charge in [0.15, 0.2) is 0 Å². The van der Waals surface area contributed by atoms with Crippen molar-refractivity contribution in [1.82, 2.24) is 25.2 Å². The van der Waals surface area contributed by atoms with Crippen LogP contribution in [0.5, 0.6) is 0 Å². The maximum atomic E-state index is 12.9. The number of nitrogens with one attached hydrogen (secondary N) is 1. The van der Waals surface area contributed by atoms with Crippen LogP contribution in [0.2, 0.25) is 0 Å². The highest BCUT2D eigenvalue weighted by molar-refractivity contribution is 7.13. The maximum absolute atomic E-state index is 12.9. The van der Waals surface area contributed by atoms with Crippen LogP contribution in [0, 0.1) is 20.8 Å². The number of nitrogens with zero attached hydrogens (tertiary/aromatic N) is 4. The summed E-state index contributed by atoms with van der Waals surface area (Å²) in [6, 6.07) is 7.71. The Labute approximate surface area is 186 Å². The number of hydrogen-bond acceptors (Lipinski definition) is 6. The molecule has 8 heteroatoms. The van der Waals surface area contributed by atoms with Crippen LogP contribution in [-0.2, 0) is 6.54 Å². The number of carbonyl (C=O) groups excluding carboxylic acids is 2. The van der Waals surface area contributed by atoms with Crippen LogP contribution in [0.25, 0.3) is 11.3 Å².